The van der Waals surface area contributed by atoms with Crippen molar-refractivity contribution in [3.63, 3.8) is 0 Å². The molecule has 2 aromatic carbocycles. The van der Waals surface area contributed by atoms with Gasteiger partial charge in [-0.3, -0.25) is 9.59 Å². The number of rotatable bonds is 2. The van der Waals surface area contributed by atoms with E-state index in [1.165, 1.54) is 5.56 Å². The average molecular weight is 351 g/mol. The zero-order valence-electron chi connectivity index (χ0n) is 15.6. The van der Waals surface area contributed by atoms with E-state index in [2.05, 4.69) is 35.3 Å². The summed E-state index contributed by atoms with van der Waals surface area (Å²) in [4.78, 5) is 28.7. The molecule has 5 heteroatoms. The van der Waals surface area contributed by atoms with Crippen molar-refractivity contribution in [1.29, 1.82) is 0 Å². The Bertz CT molecular complexity index is 804. The van der Waals surface area contributed by atoms with Gasteiger partial charge < -0.3 is 15.1 Å². The SMILES string of the molecule is Cc1cc(C)cc(NC(=O)C(=O)N2CCN(c3cccc(C)c3)CC2)c1. The van der Waals surface area contributed by atoms with Crippen molar-refractivity contribution >= 4 is 23.2 Å². The summed E-state index contributed by atoms with van der Waals surface area (Å²) in [7, 11) is 0. The van der Waals surface area contributed by atoms with Crippen LogP contribution in [0.1, 0.15) is 16.7 Å². The molecule has 0 saturated carbocycles. The summed E-state index contributed by atoms with van der Waals surface area (Å²) < 4.78 is 0. The standard InChI is InChI=1S/C21H25N3O2/c1-15-5-4-6-19(14-15)23-7-9-24(10-8-23)21(26)20(25)22-18-12-16(2)11-17(3)13-18/h4-6,11-14H,7-10H2,1-3H3,(H,22,25). The minimum Gasteiger partial charge on any atom is -0.368 e. The van der Waals surface area contributed by atoms with Crippen molar-refractivity contribution in [3.8, 4) is 0 Å². The van der Waals surface area contributed by atoms with Crippen LogP contribution in [0.3, 0.4) is 0 Å². The molecular weight excluding hydrogens is 326 g/mol. The van der Waals surface area contributed by atoms with E-state index in [0.717, 1.165) is 29.9 Å². The van der Waals surface area contributed by atoms with Gasteiger partial charge in [-0.1, -0.05) is 18.2 Å². The van der Waals surface area contributed by atoms with Gasteiger partial charge in [0, 0.05) is 37.6 Å². The molecule has 1 heterocycles. The van der Waals surface area contributed by atoms with Crippen molar-refractivity contribution in [2.75, 3.05) is 36.4 Å². The van der Waals surface area contributed by atoms with Gasteiger partial charge in [0.1, 0.15) is 0 Å². The third-order valence-corrected chi connectivity index (χ3v) is 4.61. The van der Waals surface area contributed by atoms with Gasteiger partial charge in [0.15, 0.2) is 0 Å². The molecule has 0 bridgehead atoms. The van der Waals surface area contributed by atoms with Gasteiger partial charge in [-0.2, -0.15) is 0 Å². The lowest BCUT2D eigenvalue weighted by atomic mass is 10.1. The third kappa shape index (κ3) is 4.23. The lowest BCUT2D eigenvalue weighted by Gasteiger charge is -2.35. The summed E-state index contributed by atoms with van der Waals surface area (Å²) in [5.74, 6) is -1.04. The second kappa shape index (κ2) is 7.60. The molecule has 0 unspecified atom stereocenters. The molecule has 0 aromatic heterocycles. The molecule has 0 aliphatic carbocycles. The van der Waals surface area contributed by atoms with Crippen LogP contribution in [-0.4, -0.2) is 42.9 Å². The fourth-order valence-electron chi connectivity index (χ4n) is 3.37. The normalized spacial score (nSPS) is 14.3. The first-order valence-electron chi connectivity index (χ1n) is 8.92. The zero-order valence-corrected chi connectivity index (χ0v) is 15.6. The highest BCUT2D eigenvalue weighted by Gasteiger charge is 2.26. The number of carbonyl (C=O) groups excluding carboxylic acids is 2. The Labute approximate surface area is 154 Å². The molecule has 0 radical (unpaired) electrons. The fourth-order valence-corrected chi connectivity index (χ4v) is 3.37. The maximum Gasteiger partial charge on any atom is 0.313 e. The molecule has 136 valence electrons. The zero-order chi connectivity index (χ0) is 18.7. The molecule has 3 rings (SSSR count). The Hall–Kier alpha value is -2.82. The third-order valence-electron chi connectivity index (χ3n) is 4.61. The number of hydrogen-bond acceptors (Lipinski definition) is 3. The molecule has 26 heavy (non-hydrogen) atoms. The number of hydrogen-bond donors (Lipinski definition) is 1. The number of aryl methyl sites for hydroxylation is 3. The van der Waals surface area contributed by atoms with Gasteiger partial charge >= 0.3 is 11.8 Å². The highest BCUT2D eigenvalue weighted by atomic mass is 16.2. The lowest BCUT2D eigenvalue weighted by molar-refractivity contribution is -0.143. The summed E-state index contributed by atoms with van der Waals surface area (Å²) in [6.45, 7) is 8.56. The number of benzene rings is 2. The summed E-state index contributed by atoms with van der Waals surface area (Å²) in [5.41, 5.74) is 5.16. The molecule has 2 amide bonds. The molecule has 1 aliphatic rings. The van der Waals surface area contributed by atoms with E-state index >= 15 is 0 Å². The van der Waals surface area contributed by atoms with E-state index in [1.807, 2.05) is 38.1 Å². The van der Waals surface area contributed by atoms with E-state index < -0.39 is 11.8 Å². The molecule has 1 N–H and O–H groups in total. The Morgan fingerprint density at radius 1 is 0.846 bits per heavy atom. The molecule has 5 nitrogen and oxygen atoms in total. The predicted molar refractivity (Wildman–Crippen MR) is 105 cm³/mol. The van der Waals surface area contributed by atoms with Gasteiger partial charge in [0.05, 0.1) is 0 Å². The monoisotopic (exact) mass is 351 g/mol. The summed E-state index contributed by atoms with van der Waals surface area (Å²) in [6.07, 6.45) is 0. The number of carbonyl (C=O) groups is 2. The van der Waals surface area contributed by atoms with E-state index in [9.17, 15) is 9.59 Å². The van der Waals surface area contributed by atoms with E-state index in [1.54, 1.807) is 4.90 Å². The fraction of sp³-hybridized carbons (Fsp3) is 0.333. The van der Waals surface area contributed by atoms with Crippen molar-refractivity contribution in [2.24, 2.45) is 0 Å². The lowest BCUT2D eigenvalue weighted by Crippen LogP contribution is -2.51. The average Bonchev–Trinajstić information content (AvgIpc) is 2.60. The molecule has 1 aliphatic heterocycles. The largest absolute Gasteiger partial charge is 0.368 e. The maximum atomic E-state index is 12.5. The molecular formula is C21H25N3O2. The smallest absolute Gasteiger partial charge is 0.313 e. The van der Waals surface area contributed by atoms with Crippen LogP contribution in [0, 0.1) is 20.8 Å². The Kier molecular flexibility index (Phi) is 5.26. The van der Waals surface area contributed by atoms with Crippen LogP contribution >= 0.6 is 0 Å². The van der Waals surface area contributed by atoms with Gasteiger partial charge in [-0.25, -0.2) is 0 Å². The minimum atomic E-state index is -0.570. The first kappa shape index (κ1) is 18.0. The van der Waals surface area contributed by atoms with Gasteiger partial charge in [0.2, 0.25) is 0 Å². The van der Waals surface area contributed by atoms with Crippen molar-refractivity contribution in [1.82, 2.24) is 4.90 Å². The van der Waals surface area contributed by atoms with Crippen LogP contribution in [-0.2, 0) is 9.59 Å². The number of amides is 2. The van der Waals surface area contributed by atoms with Gasteiger partial charge in [-0.15, -0.1) is 0 Å². The Morgan fingerprint density at radius 3 is 2.12 bits per heavy atom. The highest BCUT2D eigenvalue weighted by molar-refractivity contribution is 6.39. The first-order chi connectivity index (χ1) is 12.4. The van der Waals surface area contributed by atoms with Crippen LogP contribution in [0.25, 0.3) is 0 Å². The molecule has 0 spiro atoms. The topological polar surface area (TPSA) is 52.7 Å². The molecule has 2 aromatic rings. The summed E-state index contributed by atoms with van der Waals surface area (Å²) in [5, 5.41) is 2.73. The van der Waals surface area contributed by atoms with Crippen LogP contribution < -0.4 is 10.2 Å². The molecule has 1 saturated heterocycles. The van der Waals surface area contributed by atoms with Gasteiger partial charge in [-0.05, 0) is 61.7 Å². The Balaban J connectivity index is 1.58. The molecule has 0 atom stereocenters. The Morgan fingerprint density at radius 2 is 1.50 bits per heavy atom. The van der Waals surface area contributed by atoms with Crippen molar-refractivity contribution < 1.29 is 9.59 Å². The van der Waals surface area contributed by atoms with E-state index in [-0.39, 0.29) is 0 Å². The minimum absolute atomic E-state index is 0.465. The van der Waals surface area contributed by atoms with E-state index in [4.69, 9.17) is 0 Å². The second-order valence-corrected chi connectivity index (χ2v) is 6.95. The van der Waals surface area contributed by atoms with Crippen LogP contribution in [0.2, 0.25) is 0 Å². The number of anilines is 2. The highest BCUT2D eigenvalue weighted by Crippen LogP contribution is 2.18. The van der Waals surface area contributed by atoms with E-state index in [0.29, 0.717) is 18.8 Å². The van der Waals surface area contributed by atoms with Gasteiger partial charge in [0.25, 0.3) is 0 Å². The predicted octanol–water partition coefficient (Wildman–Crippen LogP) is 2.90. The number of nitrogens with zero attached hydrogens (tertiary/aromatic N) is 2. The quantitative estimate of drug-likeness (QED) is 0.847. The number of nitrogens with one attached hydrogen (secondary N) is 1. The van der Waals surface area contributed by atoms with Crippen LogP contribution in [0.4, 0.5) is 11.4 Å². The summed E-state index contributed by atoms with van der Waals surface area (Å²) >= 11 is 0. The van der Waals surface area contributed by atoms with Crippen LogP contribution in [0.15, 0.2) is 42.5 Å². The van der Waals surface area contributed by atoms with Crippen LogP contribution in [0.5, 0.6) is 0 Å². The maximum absolute atomic E-state index is 12.5. The summed E-state index contributed by atoms with van der Waals surface area (Å²) in [6, 6.07) is 14.1. The molecule has 1 fully saturated rings. The number of piperazine rings is 1. The van der Waals surface area contributed by atoms with Crippen molar-refractivity contribution in [2.45, 2.75) is 20.8 Å². The van der Waals surface area contributed by atoms with Crippen molar-refractivity contribution in [3.05, 3.63) is 59.2 Å². The first-order valence-corrected chi connectivity index (χ1v) is 8.92. The second-order valence-electron chi connectivity index (χ2n) is 6.95.